The van der Waals surface area contributed by atoms with Crippen molar-refractivity contribution in [2.75, 3.05) is 0 Å². The first-order chi connectivity index (χ1) is 12.7. The summed E-state index contributed by atoms with van der Waals surface area (Å²) < 4.78 is 0. The summed E-state index contributed by atoms with van der Waals surface area (Å²) in [7, 11) is 0. The number of rotatable bonds is 1. The average Bonchev–Trinajstić information content (AvgIpc) is 2.62. The minimum absolute atomic E-state index is 0.0860. The summed E-state index contributed by atoms with van der Waals surface area (Å²) in [6, 6.07) is 6.03. The number of carbonyl (C=O) groups excluding carboxylic acids is 3. The van der Waals surface area contributed by atoms with Crippen LogP contribution in [-0.2, 0) is 11.2 Å². The lowest BCUT2D eigenvalue weighted by Gasteiger charge is -2.36. The number of fused-ring (bicyclic) bond motifs is 3. The molecule has 27 heavy (non-hydrogen) atoms. The molecule has 2 aromatic carbocycles. The molecule has 4 rings (SSSR count). The van der Waals surface area contributed by atoms with Gasteiger partial charge in [-0.15, -0.1) is 0 Å². The summed E-state index contributed by atoms with van der Waals surface area (Å²) in [5.41, 5.74) is -2.76. The maximum absolute atomic E-state index is 12.9. The molecular formula is C20H16O7. The fourth-order valence-corrected chi connectivity index (χ4v) is 3.98. The Morgan fingerprint density at radius 3 is 2.07 bits per heavy atom. The Morgan fingerprint density at radius 2 is 1.56 bits per heavy atom. The first-order valence-corrected chi connectivity index (χ1v) is 8.38. The van der Waals surface area contributed by atoms with E-state index in [1.54, 1.807) is 12.1 Å². The number of phenolic OH excluding ortho intramolecular Hbond substituents is 2. The zero-order chi connectivity index (χ0) is 19.7. The first-order valence-electron chi connectivity index (χ1n) is 8.38. The van der Waals surface area contributed by atoms with E-state index in [9.17, 15) is 34.8 Å². The topological polar surface area (TPSA) is 132 Å². The van der Waals surface area contributed by atoms with Gasteiger partial charge < -0.3 is 20.4 Å². The van der Waals surface area contributed by atoms with Crippen molar-refractivity contribution in [2.45, 2.75) is 31.5 Å². The van der Waals surface area contributed by atoms with Gasteiger partial charge in [0.15, 0.2) is 17.3 Å². The van der Waals surface area contributed by atoms with Crippen molar-refractivity contribution in [3.8, 4) is 11.5 Å². The van der Waals surface area contributed by atoms with Crippen LogP contribution in [0.1, 0.15) is 62.4 Å². The fourth-order valence-electron chi connectivity index (χ4n) is 3.98. The highest BCUT2D eigenvalue weighted by Crippen LogP contribution is 2.50. The summed E-state index contributed by atoms with van der Waals surface area (Å²) in [6.07, 6.45) is -2.26. The number of carbonyl (C=O) groups is 3. The summed E-state index contributed by atoms with van der Waals surface area (Å²) in [5, 5.41) is 42.3. The molecule has 2 aliphatic carbocycles. The predicted octanol–water partition coefficient (Wildman–Crippen LogP) is 1.17. The molecule has 2 aliphatic rings. The zero-order valence-electron chi connectivity index (χ0n) is 14.3. The molecule has 0 bridgehead atoms. The minimum atomic E-state index is -1.94. The molecule has 0 saturated carbocycles. The Bertz CT molecular complexity index is 1050. The molecule has 2 aromatic rings. The van der Waals surface area contributed by atoms with Crippen molar-refractivity contribution in [3.63, 3.8) is 0 Å². The van der Waals surface area contributed by atoms with Gasteiger partial charge in [-0.25, -0.2) is 0 Å². The van der Waals surface area contributed by atoms with Crippen molar-refractivity contribution >= 4 is 17.3 Å². The van der Waals surface area contributed by atoms with Gasteiger partial charge in [0.2, 0.25) is 0 Å². The second-order valence-corrected chi connectivity index (χ2v) is 7.03. The van der Waals surface area contributed by atoms with E-state index in [0.29, 0.717) is 0 Å². The molecule has 0 aromatic heterocycles. The van der Waals surface area contributed by atoms with E-state index in [1.807, 2.05) is 0 Å². The van der Waals surface area contributed by atoms with E-state index >= 15 is 0 Å². The fraction of sp³-hybridized carbons (Fsp3) is 0.250. The van der Waals surface area contributed by atoms with E-state index in [0.717, 1.165) is 6.92 Å². The van der Waals surface area contributed by atoms with Crippen molar-refractivity contribution in [2.24, 2.45) is 0 Å². The Kier molecular flexibility index (Phi) is 3.53. The van der Waals surface area contributed by atoms with Gasteiger partial charge in [-0.2, -0.15) is 0 Å². The third-order valence-corrected chi connectivity index (χ3v) is 5.45. The maximum Gasteiger partial charge on any atom is 0.198 e. The lowest BCUT2D eigenvalue weighted by molar-refractivity contribution is -0.139. The van der Waals surface area contributed by atoms with Gasteiger partial charge in [-0.05, 0) is 6.92 Å². The standard InChI is InChI=1S/C20H16O7/c1-8(21)20(27)6-11-13(12(22)7-20)19(26)15-14(18(11)25)16(23)9-4-2-3-5-10(9)17(15)24/h2-5,12,22,25-27H,6-7H2,1H3. The van der Waals surface area contributed by atoms with Crippen LogP contribution >= 0.6 is 0 Å². The van der Waals surface area contributed by atoms with Crippen LogP contribution in [-0.4, -0.2) is 43.4 Å². The molecule has 0 radical (unpaired) electrons. The minimum Gasteiger partial charge on any atom is -0.507 e. The predicted molar refractivity (Wildman–Crippen MR) is 92.0 cm³/mol. The number of hydrogen-bond acceptors (Lipinski definition) is 7. The van der Waals surface area contributed by atoms with E-state index < -0.39 is 40.6 Å². The molecule has 0 aliphatic heterocycles. The van der Waals surface area contributed by atoms with Crippen LogP contribution < -0.4 is 0 Å². The third-order valence-electron chi connectivity index (χ3n) is 5.45. The molecule has 4 N–H and O–H groups in total. The highest BCUT2D eigenvalue weighted by atomic mass is 16.3. The number of phenols is 2. The molecule has 0 spiro atoms. The van der Waals surface area contributed by atoms with Crippen LogP contribution in [0.15, 0.2) is 24.3 Å². The molecule has 138 valence electrons. The van der Waals surface area contributed by atoms with E-state index in [-0.39, 0.29) is 46.2 Å². The molecular weight excluding hydrogens is 352 g/mol. The Hall–Kier alpha value is -3.03. The summed E-state index contributed by atoms with van der Waals surface area (Å²) in [5.74, 6) is -3.12. The number of benzene rings is 2. The molecule has 0 heterocycles. The van der Waals surface area contributed by atoms with Gasteiger partial charge in [-0.3, -0.25) is 14.4 Å². The zero-order valence-corrected chi connectivity index (χ0v) is 14.3. The van der Waals surface area contributed by atoms with Crippen LogP contribution in [0.25, 0.3) is 0 Å². The molecule has 0 saturated heterocycles. The number of aliphatic hydroxyl groups is 2. The van der Waals surface area contributed by atoms with Gasteiger partial charge in [0.1, 0.15) is 17.1 Å². The number of hydrogen-bond donors (Lipinski definition) is 4. The number of aliphatic hydroxyl groups excluding tert-OH is 1. The van der Waals surface area contributed by atoms with E-state index in [4.69, 9.17) is 0 Å². The lowest BCUT2D eigenvalue weighted by Crippen LogP contribution is -2.44. The van der Waals surface area contributed by atoms with Gasteiger partial charge in [-0.1, -0.05) is 24.3 Å². The molecule has 0 amide bonds. The van der Waals surface area contributed by atoms with Crippen LogP contribution in [0.5, 0.6) is 11.5 Å². The molecule has 2 atom stereocenters. The molecule has 0 fully saturated rings. The summed E-state index contributed by atoms with van der Waals surface area (Å²) in [4.78, 5) is 37.5. The highest BCUT2D eigenvalue weighted by molar-refractivity contribution is 6.30. The van der Waals surface area contributed by atoms with Crippen molar-refractivity contribution < 1.29 is 34.8 Å². The SMILES string of the molecule is CC(=O)C1(O)Cc2c(O)c3c(c(O)c2C(O)C1)C(=O)c1ccccc1C3=O. The second kappa shape index (κ2) is 5.48. The quantitative estimate of drug-likeness (QED) is 0.474. The van der Waals surface area contributed by atoms with Gasteiger partial charge in [0.05, 0.1) is 17.2 Å². The normalized spacial score (nSPS) is 23.4. The van der Waals surface area contributed by atoms with Crippen LogP contribution in [0.4, 0.5) is 0 Å². The van der Waals surface area contributed by atoms with E-state index in [2.05, 4.69) is 0 Å². The third kappa shape index (κ3) is 2.19. The molecule has 2 unspecified atom stereocenters. The first kappa shape index (κ1) is 17.4. The summed E-state index contributed by atoms with van der Waals surface area (Å²) in [6.45, 7) is 1.15. The highest BCUT2D eigenvalue weighted by Gasteiger charge is 2.46. The molecule has 7 heteroatoms. The molecule has 7 nitrogen and oxygen atoms in total. The number of aromatic hydroxyl groups is 2. The van der Waals surface area contributed by atoms with Crippen molar-refractivity contribution in [1.82, 2.24) is 0 Å². The van der Waals surface area contributed by atoms with E-state index in [1.165, 1.54) is 12.1 Å². The monoisotopic (exact) mass is 368 g/mol. The summed E-state index contributed by atoms with van der Waals surface area (Å²) >= 11 is 0. The van der Waals surface area contributed by atoms with Gasteiger partial charge >= 0.3 is 0 Å². The number of Topliss-reactive ketones (excluding diaryl/α,β-unsaturated/α-hetero) is 1. The smallest absolute Gasteiger partial charge is 0.198 e. The Morgan fingerprint density at radius 1 is 1.04 bits per heavy atom. The van der Waals surface area contributed by atoms with Gasteiger partial charge in [0.25, 0.3) is 0 Å². The van der Waals surface area contributed by atoms with Crippen molar-refractivity contribution in [3.05, 3.63) is 57.6 Å². The average molecular weight is 368 g/mol. The van der Waals surface area contributed by atoms with Crippen LogP contribution in [0.2, 0.25) is 0 Å². The van der Waals surface area contributed by atoms with Gasteiger partial charge in [0, 0.05) is 35.1 Å². The largest absolute Gasteiger partial charge is 0.507 e. The van der Waals surface area contributed by atoms with Crippen LogP contribution in [0.3, 0.4) is 0 Å². The maximum atomic E-state index is 12.9. The second-order valence-electron chi connectivity index (χ2n) is 7.03. The van der Waals surface area contributed by atoms with Crippen molar-refractivity contribution in [1.29, 1.82) is 0 Å². The van der Waals surface area contributed by atoms with Crippen LogP contribution in [0, 0.1) is 0 Å². The Labute approximate surface area is 153 Å². The number of ketones is 3. The lowest BCUT2D eigenvalue weighted by atomic mass is 9.72. The Balaban J connectivity index is 2.04.